The number of thiophene rings is 1. The Hall–Kier alpha value is -3.24. The molecule has 0 saturated heterocycles. The molecule has 0 aliphatic carbocycles. The molecule has 0 amide bonds. The lowest BCUT2D eigenvalue weighted by molar-refractivity contribution is 0.495. The van der Waals surface area contributed by atoms with Gasteiger partial charge in [-0.3, -0.25) is 4.31 Å². The number of halogens is 2. The van der Waals surface area contributed by atoms with Crippen LogP contribution in [0.25, 0.3) is 32.9 Å². The summed E-state index contributed by atoms with van der Waals surface area (Å²) in [5, 5.41) is 0.400. The van der Waals surface area contributed by atoms with Crippen LogP contribution in [-0.4, -0.2) is 38.1 Å². The maximum Gasteiger partial charge on any atom is 0.226 e. The highest BCUT2D eigenvalue weighted by atomic mass is 32.2. The number of guanidine groups is 1. The number of hydrogen-bond donors (Lipinski definition) is 1. The fourth-order valence-corrected chi connectivity index (χ4v) is 6.97. The van der Waals surface area contributed by atoms with Crippen LogP contribution in [0.4, 0.5) is 8.78 Å². The number of fused-ring (bicyclic) bond motifs is 1. The van der Waals surface area contributed by atoms with Gasteiger partial charge in [-0.2, -0.15) is 0 Å². The molecule has 33 heavy (non-hydrogen) atoms. The van der Waals surface area contributed by atoms with Crippen molar-refractivity contribution in [2.24, 2.45) is 10.7 Å². The molecule has 1 unspecified atom stereocenters. The van der Waals surface area contributed by atoms with Crippen LogP contribution in [0.15, 0.2) is 58.1 Å². The highest BCUT2D eigenvalue weighted by Crippen LogP contribution is 2.44. The minimum atomic E-state index is -2.75. The standard InChI is InChI=1S/C23H20F2N4O2S2/c1-23(12-33(3,30)29(2)22(26)28-23)20-18(25)16-6-4-5-15(19(16)32-20)17-11-27-21(31-17)13-7-9-14(24)10-8-13/h4-11H,3,12H2,1-2H3,(H2,26,28)/t23-,33?/m0/s1. The summed E-state index contributed by atoms with van der Waals surface area (Å²) in [6.45, 7) is 1.71. The van der Waals surface area contributed by atoms with Gasteiger partial charge in [-0.1, -0.05) is 12.1 Å². The van der Waals surface area contributed by atoms with Crippen molar-refractivity contribution in [2.75, 3.05) is 12.8 Å². The Morgan fingerprint density at radius 1 is 1.24 bits per heavy atom. The summed E-state index contributed by atoms with van der Waals surface area (Å²) in [6, 6.07) is 11.0. The van der Waals surface area contributed by atoms with E-state index in [-0.39, 0.29) is 17.5 Å². The monoisotopic (exact) mass is 486 g/mol. The molecule has 170 valence electrons. The molecule has 2 N–H and O–H groups in total. The lowest BCUT2D eigenvalue weighted by Crippen LogP contribution is -2.50. The smallest absolute Gasteiger partial charge is 0.226 e. The molecular weight excluding hydrogens is 466 g/mol. The lowest BCUT2D eigenvalue weighted by atomic mass is 10.0. The summed E-state index contributed by atoms with van der Waals surface area (Å²) in [6.07, 6.45) is 1.56. The van der Waals surface area contributed by atoms with E-state index in [1.165, 1.54) is 27.8 Å². The van der Waals surface area contributed by atoms with Crippen LogP contribution in [0.2, 0.25) is 0 Å². The molecule has 5 rings (SSSR count). The molecule has 0 saturated carbocycles. The molecule has 4 aromatic rings. The SMILES string of the molecule is C=S1(=O)C[C@@](C)(c2sc3c(-c4cnc(-c5ccc(F)cc5)o4)cccc3c2F)N=C(N)N1C. The zero-order valence-corrected chi connectivity index (χ0v) is 19.5. The number of oxazole rings is 1. The van der Waals surface area contributed by atoms with E-state index >= 15 is 4.39 Å². The minimum Gasteiger partial charge on any atom is -0.436 e. The molecule has 2 atom stereocenters. The highest BCUT2D eigenvalue weighted by molar-refractivity contribution is 7.98. The molecule has 10 heteroatoms. The van der Waals surface area contributed by atoms with E-state index in [9.17, 15) is 8.60 Å². The number of nitrogens with two attached hydrogens (primary N) is 1. The summed E-state index contributed by atoms with van der Waals surface area (Å²) >= 11 is 1.21. The van der Waals surface area contributed by atoms with Crippen molar-refractivity contribution in [3.05, 3.63) is 65.2 Å². The Morgan fingerprint density at radius 2 is 1.97 bits per heavy atom. The van der Waals surface area contributed by atoms with Gasteiger partial charge in [-0.25, -0.2) is 23.0 Å². The second-order valence-electron chi connectivity index (χ2n) is 8.12. The van der Waals surface area contributed by atoms with Gasteiger partial charge < -0.3 is 10.2 Å². The molecule has 1 aliphatic rings. The Kier molecular flexibility index (Phi) is 4.84. The van der Waals surface area contributed by atoms with E-state index in [4.69, 9.17) is 10.2 Å². The third-order valence-corrected chi connectivity index (χ3v) is 9.36. The molecule has 2 aromatic carbocycles. The predicted octanol–water partition coefficient (Wildman–Crippen LogP) is 4.61. The second kappa shape index (κ2) is 7.39. The maximum atomic E-state index is 15.6. The Morgan fingerprint density at radius 3 is 2.67 bits per heavy atom. The fourth-order valence-electron chi connectivity index (χ4n) is 3.93. The molecule has 0 fully saturated rings. The van der Waals surface area contributed by atoms with Gasteiger partial charge in [0.2, 0.25) is 11.9 Å². The second-order valence-corrected chi connectivity index (χ2v) is 11.5. The Balaban J connectivity index is 1.63. The van der Waals surface area contributed by atoms with Crippen LogP contribution < -0.4 is 5.73 Å². The minimum absolute atomic E-state index is 0.0350. The zero-order valence-electron chi connectivity index (χ0n) is 17.8. The first kappa shape index (κ1) is 21.6. The third-order valence-electron chi connectivity index (χ3n) is 5.70. The van der Waals surface area contributed by atoms with Crippen molar-refractivity contribution in [1.29, 1.82) is 0 Å². The van der Waals surface area contributed by atoms with Gasteiger partial charge in [0.15, 0.2) is 5.76 Å². The van der Waals surface area contributed by atoms with Gasteiger partial charge in [-0.05, 0) is 43.1 Å². The number of hydrogen-bond acceptors (Lipinski definition) is 6. The average Bonchev–Trinajstić information content (AvgIpc) is 3.38. The fraction of sp³-hybridized carbons (Fsp3) is 0.174. The molecule has 6 nitrogen and oxygen atoms in total. The Labute approximate surface area is 193 Å². The molecule has 0 bridgehead atoms. The largest absolute Gasteiger partial charge is 0.436 e. The molecule has 1 aliphatic heterocycles. The summed E-state index contributed by atoms with van der Waals surface area (Å²) in [5.74, 6) is 3.88. The topological polar surface area (TPSA) is 84.7 Å². The van der Waals surface area contributed by atoms with Crippen LogP contribution in [0, 0.1) is 11.6 Å². The van der Waals surface area contributed by atoms with Gasteiger partial charge in [0, 0.05) is 28.3 Å². The van der Waals surface area contributed by atoms with E-state index in [2.05, 4.69) is 15.8 Å². The van der Waals surface area contributed by atoms with E-state index in [1.807, 2.05) is 6.07 Å². The first-order chi connectivity index (χ1) is 15.6. The summed E-state index contributed by atoms with van der Waals surface area (Å²) in [7, 11) is -1.19. The van der Waals surface area contributed by atoms with E-state index in [1.54, 1.807) is 44.4 Å². The van der Waals surface area contributed by atoms with Gasteiger partial charge in [0.1, 0.15) is 17.2 Å². The predicted molar refractivity (Wildman–Crippen MR) is 130 cm³/mol. The van der Waals surface area contributed by atoms with Crippen LogP contribution in [0.5, 0.6) is 0 Å². The van der Waals surface area contributed by atoms with Crippen LogP contribution in [0.3, 0.4) is 0 Å². The first-order valence-corrected chi connectivity index (χ1v) is 12.6. The van der Waals surface area contributed by atoms with Gasteiger partial charge in [0.25, 0.3) is 0 Å². The summed E-state index contributed by atoms with van der Waals surface area (Å²) < 4.78 is 49.8. The zero-order chi connectivity index (χ0) is 23.5. The molecule has 3 heterocycles. The molecule has 2 aromatic heterocycles. The number of benzene rings is 2. The van der Waals surface area contributed by atoms with Crippen molar-refractivity contribution in [3.63, 3.8) is 0 Å². The van der Waals surface area contributed by atoms with Crippen molar-refractivity contribution in [1.82, 2.24) is 9.29 Å². The molecule has 0 spiro atoms. The first-order valence-electron chi connectivity index (χ1n) is 9.97. The number of aliphatic imine (C=N–C) groups is 1. The summed E-state index contributed by atoms with van der Waals surface area (Å²) in [5.41, 5.74) is 6.15. The van der Waals surface area contributed by atoms with E-state index in [0.717, 1.165) is 0 Å². The average molecular weight is 487 g/mol. The van der Waals surface area contributed by atoms with E-state index < -0.39 is 21.1 Å². The normalized spacial score (nSPS) is 23.2. The van der Waals surface area contributed by atoms with E-state index in [0.29, 0.717) is 37.7 Å². The van der Waals surface area contributed by atoms with Gasteiger partial charge in [0.05, 0.1) is 26.5 Å². The molecular formula is C23H20F2N4O2S2. The van der Waals surface area contributed by atoms with Crippen molar-refractivity contribution < 1.29 is 17.4 Å². The number of nitrogens with zero attached hydrogens (tertiary/aromatic N) is 3. The maximum absolute atomic E-state index is 15.6. The number of aromatic nitrogens is 1. The van der Waals surface area contributed by atoms with Gasteiger partial charge in [-0.15, -0.1) is 11.3 Å². The third kappa shape index (κ3) is 3.50. The lowest BCUT2D eigenvalue weighted by Gasteiger charge is -2.36. The van der Waals surface area contributed by atoms with Crippen molar-refractivity contribution >= 4 is 43.0 Å². The van der Waals surface area contributed by atoms with Crippen LogP contribution in [-0.2, 0) is 15.2 Å². The molecule has 0 radical (unpaired) electrons. The van der Waals surface area contributed by atoms with Crippen LogP contribution in [0.1, 0.15) is 11.8 Å². The quantitative estimate of drug-likeness (QED) is 0.429. The van der Waals surface area contributed by atoms with Crippen molar-refractivity contribution in [2.45, 2.75) is 12.5 Å². The Bertz CT molecular complexity index is 1520. The number of rotatable bonds is 3. The van der Waals surface area contributed by atoms with Crippen molar-refractivity contribution in [3.8, 4) is 22.8 Å². The highest BCUT2D eigenvalue weighted by Gasteiger charge is 2.40. The summed E-state index contributed by atoms with van der Waals surface area (Å²) in [4.78, 5) is 9.11. The van der Waals surface area contributed by atoms with Crippen LogP contribution >= 0.6 is 11.3 Å². The van der Waals surface area contributed by atoms with Gasteiger partial charge >= 0.3 is 0 Å².